The molecule has 0 bridgehead atoms. The second-order valence-corrected chi connectivity index (χ2v) is 5.80. The van der Waals surface area contributed by atoms with Gasteiger partial charge in [0.25, 0.3) is 0 Å². The Morgan fingerprint density at radius 3 is 2.58 bits per heavy atom. The zero-order valence-electron chi connectivity index (χ0n) is 11.5. The molecule has 1 aliphatic carbocycles. The summed E-state index contributed by atoms with van der Waals surface area (Å²) < 4.78 is 17.4. The number of para-hydroxylation sites is 2. The van der Waals surface area contributed by atoms with Gasteiger partial charge in [0, 0.05) is 17.9 Å². The number of halogens is 1. The van der Waals surface area contributed by atoms with Gasteiger partial charge in [-0.15, -0.1) is 0 Å². The van der Waals surface area contributed by atoms with E-state index in [-0.39, 0.29) is 12.2 Å². The van der Waals surface area contributed by atoms with Crippen molar-refractivity contribution >= 4 is 15.9 Å². The summed E-state index contributed by atoms with van der Waals surface area (Å²) in [5.41, 5.74) is 0. The van der Waals surface area contributed by atoms with Gasteiger partial charge < -0.3 is 14.2 Å². The number of ether oxygens (including phenoxy) is 3. The Balaban J connectivity index is 1.98. The van der Waals surface area contributed by atoms with Crippen molar-refractivity contribution < 1.29 is 14.2 Å². The van der Waals surface area contributed by atoms with Crippen LogP contribution >= 0.6 is 15.9 Å². The highest BCUT2D eigenvalue weighted by molar-refractivity contribution is 9.09. The van der Waals surface area contributed by atoms with Gasteiger partial charge in [0.2, 0.25) is 0 Å². The first kappa shape index (κ1) is 14.7. The van der Waals surface area contributed by atoms with Crippen LogP contribution in [0, 0.1) is 0 Å². The van der Waals surface area contributed by atoms with E-state index in [1.54, 1.807) is 0 Å². The van der Waals surface area contributed by atoms with Gasteiger partial charge in [-0.2, -0.15) is 0 Å². The molecule has 0 N–H and O–H groups in total. The van der Waals surface area contributed by atoms with Gasteiger partial charge in [-0.25, -0.2) is 0 Å². The molecule has 3 atom stereocenters. The Morgan fingerprint density at radius 1 is 1.21 bits per heavy atom. The van der Waals surface area contributed by atoms with Gasteiger partial charge in [-0.1, -0.05) is 35.0 Å². The van der Waals surface area contributed by atoms with Gasteiger partial charge in [-0.05, 0) is 25.5 Å². The summed E-state index contributed by atoms with van der Waals surface area (Å²) in [5.74, 6) is 1.63. The van der Waals surface area contributed by atoms with E-state index in [0.717, 1.165) is 24.3 Å². The molecule has 0 saturated heterocycles. The van der Waals surface area contributed by atoms with Gasteiger partial charge in [0.1, 0.15) is 12.2 Å². The monoisotopic (exact) mass is 328 g/mol. The van der Waals surface area contributed by atoms with Crippen molar-refractivity contribution in [3.63, 3.8) is 0 Å². The molecular weight excluding hydrogens is 308 g/mol. The lowest BCUT2D eigenvalue weighted by atomic mass is 9.91. The largest absolute Gasteiger partial charge is 0.490 e. The SMILES string of the molecule is CCCOc1ccccc1OC1CC(Br)C1OCC. The average molecular weight is 329 g/mol. The second-order valence-electron chi connectivity index (χ2n) is 4.62. The van der Waals surface area contributed by atoms with Crippen LogP contribution in [-0.2, 0) is 4.74 Å². The average Bonchev–Trinajstić information content (AvgIpc) is 2.43. The van der Waals surface area contributed by atoms with E-state index in [4.69, 9.17) is 14.2 Å². The molecule has 3 unspecified atom stereocenters. The number of hydrogen-bond donors (Lipinski definition) is 0. The summed E-state index contributed by atoms with van der Waals surface area (Å²) in [7, 11) is 0. The fourth-order valence-electron chi connectivity index (χ4n) is 2.09. The molecule has 1 saturated carbocycles. The Morgan fingerprint density at radius 2 is 1.95 bits per heavy atom. The van der Waals surface area contributed by atoms with Crippen LogP contribution in [0.2, 0.25) is 0 Å². The molecule has 19 heavy (non-hydrogen) atoms. The highest BCUT2D eigenvalue weighted by Crippen LogP contribution is 2.37. The lowest BCUT2D eigenvalue weighted by Crippen LogP contribution is -2.52. The summed E-state index contributed by atoms with van der Waals surface area (Å²) in [4.78, 5) is 0.390. The molecule has 1 aromatic rings. The predicted octanol–water partition coefficient (Wildman–Crippen LogP) is 3.80. The fourth-order valence-corrected chi connectivity index (χ4v) is 2.95. The van der Waals surface area contributed by atoms with Crippen molar-refractivity contribution in [1.82, 2.24) is 0 Å². The van der Waals surface area contributed by atoms with Crippen LogP contribution in [-0.4, -0.2) is 30.2 Å². The van der Waals surface area contributed by atoms with Crippen molar-refractivity contribution in [1.29, 1.82) is 0 Å². The highest BCUT2D eigenvalue weighted by Gasteiger charge is 2.42. The molecule has 0 radical (unpaired) electrons. The minimum absolute atomic E-state index is 0.107. The number of alkyl halides is 1. The van der Waals surface area contributed by atoms with Crippen molar-refractivity contribution in [2.75, 3.05) is 13.2 Å². The second kappa shape index (κ2) is 7.15. The summed E-state index contributed by atoms with van der Waals surface area (Å²) in [6.07, 6.45) is 2.19. The molecule has 3 nitrogen and oxygen atoms in total. The van der Waals surface area contributed by atoms with Crippen molar-refractivity contribution in [3.05, 3.63) is 24.3 Å². The third-order valence-corrected chi connectivity index (χ3v) is 4.02. The van der Waals surface area contributed by atoms with E-state index >= 15 is 0 Å². The highest BCUT2D eigenvalue weighted by atomic mass is 79.9. The van der Waals surface area contributed by atoms with Crippen LogP contribution in [0.1, 0.15) is 26.7 Å². The van der Waals surface area contributed by atoms with Gasteiger partial charge in [-0.3, -0.25) is 0 Å². The lowest BCUT2D eigenvalue weighted by Gasteiger charge is -2.40. The topological polar surface area (TPSA) is 27.7 Å². The van der Waals surface area contributed by atoms with E-state index in [0.29, 0.717) is 18.0 Å². The smallest absolute Gasteiger partial charge is 0.161 e. The summed E-state index contributed by atoms with van der Waals surface area (Å²) in [5, 5.41) is 0. The van der Waals surface area contributed by atoms with Crippen molar-refractivity contribution in [3.8, 4) is 11.5 Å². The molecule has 4 heteroatoms. The summed E-state index contributed by atoms with van der Waals surface area (Å²) in [6, 6.07) is 7.83. The van der Waals surface area contributed by atoms with E-state index in [1.165, 1.54) is 0 Å². The molecule has 106 valence electrons. The number of rotatable bonds is 7. The molecule has 1 aromatic carbocycles. The minimum Gasteiger partial charge on any atom is -0.490 e. The maximum atomic E-state index is 6.03. The maximum Gasteiger partial charge on any atom is 0.161 e. The first-order valence-electron chi connectivity index (χ1n) is 6.90. The first-order chi connectivity index (χ1) is 9.26. The number of benzene rings is 1. The molecule has 0 spiro atoms. The van der Waals surface area contributed by atoms with Crippen molar-refractivity contribution in [2.45, 2.75) is 43.7 Å². The van der Waals surface area contributed by atoms with Gasteiger partial charge >= 0.3 is 0 Å². The van der Waals surface area contributed by atoms with Crippen LogP contribution in [0.4, 0.5) is 0 Å². The van der Waals surface area contributed by atoms with Gasteiger partial charge in [0.05, 0.1) is 6.61 Å². The van der Waals surface area contributed by atoms with Crippen LogP contribution in [0.15, 0.2) is 24.3 Å². The molecular formula is C15H21BrO3. The fraction of sp³-hybridized carbons (Fsp3) is 0.600. The van der Waals surface area contributed by atoms with Gasteiger partial charge in [0.15, 0.2) is 11.5 Å². The third kappa shape index (κ3) is 3.63. The van der Waals surface area contributed by atoms with E-state index in [2.05, 4.69) is 22.9 Å². The third-order valence-electron chi connectivity index (χ3n) is 3.13. The summed E-state index contributed by atoms with van der Waals surface area (Å²) in [6.45, 7) is 5.52. The van der Waals surface area contributed by atoms with Crippen LogP contribution in [0.5, 0.6) is 11.5 Å². The van der Waals surface area contributed by atoms with Crippen LogP contribution in [0.25, 0.3) is 0 Å². The lowest BCUT2D eigenvalue weighted by molar-refractivity contribution is -0.0730. The molecule has 0 amide bonds. The normalized spacial score (nSPS) is 25.7. The zero-order valence-corrected chi connectivity index (χ0v) is 13.1. The van der Waals surface area contributed by atoms with Crippen LogP contribution in [0.3, 0.4) is 0 Å². The Labute approximate surface area is 123 Å². The van der Waals surface area contributed by atoms with E-state index < -0.39 is 0 Å². The van der Waals surface area contributed by atoms with Crippen molar-refractivity contribution in [2.24, 2.45) is 0 Å². The predicted molar refractivity (Wildman–Crippen MR) is 79.4 cm³/mol. The van der Waals surface area contributed by atoms with E-state index in [9.17, 15) is 0 Å². The zero-order chi connectivity index (χ0) is 13.7. The molecule has 1 aliphatic rings. The molecule has 0 heterocycles. The Bertz CT molecular complexity index is 397. The standard InChI is InChI=1S/C15H21BrO3/c1-3-9-18-12-7-5-6-8-13(12)19-14-10-11(16)15(14)17-4-2/h5-8,11,14-15H,3-4,9-10H2,1-2H3. The quantitative estimate of drug-likeness (QED) is 0.712. The summed E-state index contributed by atoms with van der Waals surface area (Å²) >= 11 is 3.61. The molecule has 2 rings (SSSR count). The first-order valence-corrected chi connectivity index (χ1v) is 7.82. The van der Waals surface area contributed by atoms with E-state index in [1.807, 2.05) is 31.2 Å². The minimum atomic E-state index is 0.107. The van der Waals surface area contributed by atoms with Crippen LogP contribution < -0.4 is 9.47 Å². The molecule has 1 fully saturated rings. The molecule has 0 aliphatic heterocycles. The number of hydrogen-bond acceptors (Lipinski definition) is 3. The maximum absolute atomic E-state index is 6.03. The Hall–Kier alpha value is -0.740. The Kier molecular flexibility index (Phi) is 5.52. The molecule has 0 aromatic heterocycles.